The van der Waals surface area contributed by atoms with Gasteiger partial charge >= 0.3 is 6.18 Å². The molecule has 36 heavy (non-hydrogen) atoms. The van der Waals surface area contributed by atoms with Crippen molar-refractivity contribution in [3.8, 4) is 0 Å². The number of ketones is 1. The molecule has 192 valence electrons. The molecule has 0 atom stereocenters. The Balaban J connectivity index is 1.64. The first kappa shape index (κ1) is 26.6. The molecule has 1 fully saturated rings. The Bertz CT molecular complexity index is 1340. The summed E-state index contributed by atoms with van der Waals surface area (Å²) >= 11 is 13.2. The molecule has 1 saturated heterocycles. The highest BCUT2D eigenvalue weighted by Gasteiger charge is 2.32. The Labute approximate surface area is 218 Å². The smallest absolute Gasteiger partial charge is 0.350 e. The van der Waals surface area contributed by atoms with Crippen molar-refractivity contribution in [2.24, 2.45) is 13.0 Å². The molecule has 4 rings (SSSR count). The van der Waals surface area contributed by atoms with Gasteiger partial charge in [-0.15, -0.1) is 0 Å². The van der Waals surface area contributed by atoms with Crippen LogP contribution >= 0.6 is 23.2 Å². The zero-order chi connectivity index (χ0) is 26.4. The minimum atomic E-state index is -4.44. The van der Waals surface area contributed by atoms with Crippen molar-refractivity contribution in [2.45, 2.75) is 45.7 Å². The molecule has 0 unspecified atom stereocenters. The second-order valence-corrected chi connectivity index (χ2v) is 10.4. The van der Waals surface area contributed by atoms with E-state index in [0.717, 1.165) is 30.5 Å². The number of rotatable bonds is 5. The van der Waals surface area contributed by atoms with Crippen LogP contribution in [0.15, 0.2) is 30.5 Å². The average molecular weight is 539 g/mol. The molecule has 0 N–H and O–H groups in total. The standard InChI is InChI=1S/C27H27Cl2F3N2O2/c1-15-10-19(27(30,31)32)13-23-24(15)18(14-33(23)3)12-21-22(28)5-4-20(25(21)29)26(36)34-8-6-17(7-9-34)11-16(2)35/h4-5,10,13-14,17H,6-9,11-12H2,1-3H3. The first-order valence-electron chi connectivity index (χ1n) is 11.8. The molecule has 2 heterocycles. The van der Waals surface area contributed by atoms with Crippen LogP contribution in [0.3, 0.4) is 0 Å². The number of aryl methyl sites for hydroxylation is 2. The van der Waals surface area contributed by atoms with Crippen LogP contribution in [-0.4, -0.2) is 34.2 Å². The number of benzene rings is 2. The number of hydrogen-bond acceptors (Lipinski definition) is 2. The van der Waals surface area contributed by atoms with E-state index >= 15 is 0 Å². The highest BCUT2D eigenvalue weighted by molar-refractivity contribution is 6.38. The van der Waals surface area contributed by atoms with Gasteiger partial charge in [0.15, 0.2) is 0 Å². The largest absolute Gasteiger partial charge is 0.416 e. The van der Waals surface area contributed by atoms with Crippen LogP contribution in [0, 0.1) is 12.8 Å². The van der Waals surface area contributed by atoms with E-state index < -0.39 is 11.7 Å². The number of amides is 1. The van der Waals surface area contributed by atoms with E-state index in [1.54, 1.807) is 48.7 Å². The molecular formula is C27H27Cl2F3N2O2. The van der Waals surface area contributed by atoms with E-state index in [1.165, 1.54) is 0 Å². The van der Waals surface area contributed by atoms with Crippen LogP contribution in [0.5, 0.6) is 0 Å². The number of hydrogen-bond donors (Lipinski definition) is 0. The summed E-state index contributed by atoms with van der Waals surface area (Å²) in [6, 6.07) is 5.54. The lowest BCUT2D eigenvalue weighted by Gasteiger charge is -2.32. The van der Waals surface area contributed by atoms with Gasteiger partial charge in [-0.2, -0.15) is 13.2 Å². The number of fused-ring (bicyclic) bond motifs is 1. The molecule has 0 saturated carbocycles. The van der Waals surface area contributed by atoms with E-state index in [-0.39, 0.29) is 29.1 Å². The summed E-state index contributed by atoms with van der Waals surface area (Å²) in [4.78, 5) is 26.5. The molecule has 0 bridgehead atoms. The molecule has 1 aromatic heterocycles. The van der Waals surface area contributed by atoms with Gasteiger partial charge in [-0.3, -0.25) is 4.79 Å². The second-order valence-electron chi connectivity index (χ2n) is 9.66. The highest BCUT2D eigenvalue weighted by atomic mass is 35.5. The van der Waals surface area contributed by atoms with Crippen molar-refractivity contribution in [1.29, 1.82) is 0 Å². The molecule has 1 aliphatic heterocycles. The van der Waals surface area contributed by atoms with Crippen molar-refractivity contribution in [3.63, 3.8) is 0 Å². The summed E-state index contributed by atoms with van der Waals surface area (Å²) in [6.45, 7) is 4.34. The number of alkyl halides is 3. The summed E-state index contributed by atoms with van der Waals surface area (Å²) in [7, 11) is 1.70. The second kappa shape index (κ2) is 10.1. The Hall–Kier alpha value is -2.51. The van der Waals surface area contributed by atoms with E-state index in [9.17, 15) is 22.8 Å². The number of carbonyl (C=O) groups excluding carboxylic acids is 2. The maximum Gasteiger partial charge on any atom is 0.416 e. The van der Waals surface area contributed by atoms with Gasteiger partial charge in [0.25, 0.3) is 5.91 Å². The first-order chi connectivity index (χ1) is 16.9. The number of aromatic nitrogens is 1. The molecular weight excluding hydrogens is 512 g/mol. The molecule has 4 nitrogen and oxygen atoms in total. The molecule has 0 aliphatic carbocycles. The maximum absolute atomic E-state index is 13.3. The SMILES string of the molecule is CC(=O)CC1CCN(C(=O)c2ccc(Cl)c(Cc3cn(C)c4cc(C(F)(F)F)cc(C)c34)c2Cl)CC1. The first-order valence-corrected chi connectivity index (χ1v) is 12.5. The Morgan fingerprint density at radius 2 is 1.78 bits per heavy atom. The summed E-state index contributed by atoms with van der Waals surface area (Å²) in [5.41, 5.74) is 1.95. The lowest BCUT2D eigenvalue weighted by Crippen LogP contribution is -2.39. The quantitative estimate of drug-likeness (QED) is 0.343. The van der Waals surface area contributed by atoms with Gasteiger partial charge in [0.1, 0.15) is 5.78 Å². The van der Waals surface area contributed by atoms with Gasteiger partial charge in [-0.1, -0.05) is 23.2 Å². The molecule has 2 aromatic carbocycles. The third-order valence-corrected chi connectivity index (χ3v) is 7.74. The van der Waals surface area contributed by atoms with Gasteiger partial charge in [0.05, 0.1) is 16.1 Å². The van der Waals surface area contributed by atoms with Gasteiger partial charge in [0, 0.05) is 55.1 Å². The summed E-state index contributed by atoms with van der Waals surface area (Å²) in [5, 5.41) is 1.35. The lowest BCUT2D eigenvalue weighted by atomic mass is 9.91. The van der Waals surface area contributed by atoms with Crippen LogP contribution in [0.2, 0.25) is 10.0 Å². The number of carbonyl (C=O) groups is 2. The predicted octanol–water partition coefficient (Wildman–Crippen LogP) is 7.23. The minimum Gasteiger partial charge on any atom is -0.350 e. The number of nitrogens with zero attached hydrogens (tertiary/aromatic N) is 2. The Morgan fingerprint density at radius 3 is 2.39 bits per heavy atom. The normalized spacial score (nSPS) is 15.1. The summed E-state index contributed by atoms with van der Waals surface area (Å²) in [6.07, 6.45) is -0.340. The number of Topliss-reactive ketones (excluding diaryl/α,β-unsaturated/α-hetero) is 1. The maximum atomic E-state index is 13.3. The van der Waals surface area contributed by atoms with Crippen LogP contribution in [0.4, 0.5) is 13.2 Å². The fourth-order valence-corrected chi connectivity index (χ4v) is 5.75. The van der Waals surface area contributed by atoms with Crippen molar-refractivity contribution >= 4 is 45.8 Å². The highest BCUT2D eigenvalue weighted by Crippen LogP contribution is 2.38. The minimum absolute atomic E-state index is 0.156. The molecule has 1 aliphatic rings. The zero-order valence-corrected chi connectivity index (χ0v) is 21.8. The average Bonchev–Trinajstić information content (AvgIpc) is 3.11. The zero-order valence-electron chi connectivity index (χ0n) is 20.3. The van der Waals surface area contributed by atoms with Crippen molar-refractivity contribution in [2.75, 3.05) is 13.1 Å². The Morgan fingerprint density at radius 1 is 1.11 bits per heavy atom. The van der Waals surface area contributed by atoms with E-state index in [2.05, 4.69) is 0 Å². The monoisotopic (exact) mass is 538 g/mol. The number of halogens is 5. The van der Waals surface area contributed by atoms with E-state index in [1.807, 2.05) is 0 Å². The molecule has 0 radical (unpaired) electrons. The van der Waals surface area contributed by atoms with Gasteiger partial charge in [-0.05, 0) is 73.6 Å². The third-order valence-electron chi connectivity index (χ3n) is 6.95. The number of piperidine rings is 1. The molecule has 0 spiro atoms. The van der Waals surface area contributed by atoms with Crippen LogP contribution in [-0.2, 0) is 24.4 Å². The van der Waals surface area contributed by atoms with E-state index in [0.29, 0.717) is 52.1 Å². The molecule has 3 aromatic rings. The predicted molar refractivity (Wildman–Crippen MR) is 136 cm³/mol. The molecule has 9 heteroatoms. The van der Waals surface area contributed by atoms with Crippen molar-refractivity contribution in [3.05, 3.63) is 68.3 Å². The van der Waals surface area contributed by atoms with Crippen LogP contribution in [0.25, 0.3) is 10.9 Å². The lowest BCUT2D eigenvalue weighted by molar-refractivity contribution is -0.137. The van der Waals surface area contributed by atoms with E-state index in [4.69, 9.17) is 23.2 Å². The van der Waals surface area contributed by atoms with Gasteiger partial charge in [-0.25, -0.2) is 0 Å². The van der Waals surface area contributed by atoms with Crippen molar-refractivity contribution in [1.82, 2.24) is 9.47 Å². The van der Waals surface area contributed by atoms with Crippen LogP contribution in [0.1, 0.15) is 58.8 Å². The fraction of sp³-hybridized carbons (Fsp3) is 0.407. The van der Waals surface area contributed by atoms with Gasteiger partial charge < -0.3 is 14.3 Å². The van der Waals surface area contributed by atoms with Crippen LogP contribution < -0.4 is 0 Å². The Kier molecular flexibility index (Phi) is 7.45. The molecule has 1 amide bonds. The van der Waals surface area contributed by atoms with Crippen molar-refractivity contribution < 1.29 is 22.8 Å². The van der Waals surface area contributed by atoms with Gasteiger partial charge in [0.2, 0.25) is 0 Å². The fourth-order valence-electron chi connectivity index (χ4n) is 5.16. The summed E-state index contributed by atoms with van der Waals surface area (Å²) < 4.78 is 41.7. The topological polar surface area (TPSA) is 42.3 Å². The third kappa shape index (κ3) is 5.28. The number of likely N-dealkylation sites (tertiary alicyclic amines) is 1. The summed E-state index contributed by atoms with van der Waals surface area (Å²) in [5.74, 6) is 0.252.